The average Bonchev–Trinajstić information content (AvgIpc) is 3.31. The zero-order valence-corrected chi connectivity index (χ0v) is 15.6. The number of rotatable bonds is 5. The van der Waals surface area contributed by atoms with E-state index in [-0.39, 0.29) is 5.25 Å². The number of benzene rings is 2. The van der Waals surface area contributed by atoms with E-state index in [1.807, 2.05) is 54.1 Å². The first-order valence-electron chi connectivity index (χ1n) is 8.13. The van der Waals surface area contributed by atoms with Gasteiger partial charge in [-0.1, -0.05) is 65.8 Å². The van der Waals surface area contributed by atoms with Crippen LogP contribution in [0.4, 0.5) is 0 Å². The average molecular weight is 382 g/mol. The summed E-state index contributed by atoms with van der Waals surface area (Å²) in [6.07, 6.45) is 1.64. The normalized spacial score (nSPS) is 12.2. The van der Waals surface area contributed by atoms with Gasteiger partial charge in [0.15, 0.2) is 16.7 Å². The van der Waals surface area contributed by atoms with Gasteiger partial charge in [-0.15, -0.1) is 10.2 Å². The fourth-order valence-electron chi connectivity index (χ4n) is 2.74. The lowest BCUT2D eigenvalue weighted by molar-refractivity contribution is 0.572. The van der Waals surface area contributed by atoms with Crippen molar-refractivity contribution in [3.63, 3.8) is 0 Å². The summed E-state index contributed by atoms with van der Waals surface area (Å²) in [6, 6.07) is 22.0. The molecule has 0 N–H and O–H groups in total. The predicted molar refractivity (Wildman–Crippen MR) is 104 cm³/mol. The molecular weight excluding hydrogens is 366 g/mol. The van der Waals surface area contributed by atoms with E-state index >= 15 is 0 Å². The Kier molecular flexibility index (Phi) is 4.82. The number of hydrogen-bond acceptors (Lipinski definition) is 4. The van der Waals surface area contributed by atoms with Crippen LogP contribution in [0, 0.1) is 0 Å². The zero-order chi connectivity index (χ0) is 17.9. The lowest BCUT2D eigenvalue weighted by atomic mass is 10.0. The Morgan fingerprint density at radius 2 is 1.65 bits per heavy atom. The second-order valence-electron chi connectivity index (χ2n) is 5.80. The van der Waals surface area contributed by atoms with E-state index in [0.29, 0.717) is 11.6 Å². The highest BCUT2D eigenvalue weighted by Gasteiger charge is 2.21. The Hall–Kier alpha value is -2.50. The molecule has 4 aromatic rings. The first-order chi connectivity index (χ1) is 12.7. The van der Waals surface area contributed by atoms with Crippen molar-refractivity contribution >= 4 is 23.4 Å². The SMILES string of the molecule is Cn1c(S[C@H](c2ccccc2)c2ccc(Cl)cc2)nnc1-c1ccco1. The molecule has 0 aliphatic carbocycles. The fourth-order valence-corrected chi connectivity index (χ4v) is 3.99. The van der Waals surface area contributed by atoms with Crippen molar-refractivity contribution in [3.05, 3.63) is 89.1 Å². The van der Waals surface area contributed by atoms with Gasteiger partial charge in [0.25, 0.3) is 0 Å². The minimum absolute atomic E-state index is 0.0841. The lowest BCUT2D eigenvalue weighted by Crippen LogP contribution is -2.00. The summed E-state index contributed by atoms with van der Waals surface area (Å²) in [5.74, 6) is 1.41. The lowest BCUT2D eigenvalue weighted by Gasteiger charge is -2.17. The van der Waals surface area contributed by atoms with Crippen LogP contribution in [0.15, 0.2) is 82.6 Å². The molecule has 0 amide bonds. The van der Waals surface area contributed by atoms with Crippen LogP contribution in [-0.2, 0) is 7.05 Å². The van der Waals surface area contributed by atoms with Crippen LogP contribution in [0.3, 0.4) is 0 Å². The van der Waals surface area contributed by atoms with Gasteiger partial charge in [-0.2, -0.15) is 0 Å². The maximum atomic E-state index is 6.06. The van der Waals surface area contributed by atoms with E-state index in [2.05, 4.69) is 34.5 Å². The molecule has 0 spiro atoms. The first-order valence-corrected chi connectivity index (χ1v) is 9.38. The molecule has 0 aliphatic rings. The molecule has 0 bridgehead atoms. The molecule has 0 unspecified atom stereocenters. The van der Waals surface area contributed by atoms with Crippen molar-refractivity contribution in [1.82, 2.24) is 14.8 Å². The van der Waals surface area contributed by atoms with Crippen molar-refractivity contribution in [1.29, 1.82) is 0 Å². The first kappa shape index (κ1) is 16.9. The number of halogens is 1. The molecule has 1 atom stereocenters. The van der Waals surface area contributed by atoms with Gasteiger partial charge in [0.05, 0.1) is 11.5 Å². The van der Waals surface area contributed by atoms with Crippen LogP contribution >= 0.6 is 23.4 Å². The van der Waals surface area contributed by atoms with E-state index in [0.717, 1.165) is 15.7 Å². The number of furan rings is 1. The summed E-state index contributed by atoms with van der Waals surface area (Å²) in [6.45, 7) is 0. The second kappa shape index (κ2) is 7.40. The van der Waals surface area contributed by atoms with Gasteiger partial charge in [0.2, 0.25) is 0 Å². The highest BCUT2D eigenvalue weighted by Crippen LogP contribution is 2.40. The number of nitrogens with zero attached hydrogens (tertiary/aromatic N) is 3. The summed E-state index contributed by atoms with van der Waals surface area (Å²) < 4.78 is 7.41. The highest BCUT2D eigenvalue weighted by molar-refractivity contribution is 7.99. The van der Waals surface area contributed by atoms with Crippen LogP contribution < -0.4 is 0 Å². The van der Waals surface area contributed by atoms with E-state index in [1.54, 1.807) is 18.0 Å². The molecule has 0 aliphatic heterocycles. The van der Waals surface area contributed by atoms with Crippen molar-refractivity contribution in [2.45, 2.75) is 10.4 Å². The largest absolute Gasteiger partial charge is 0.461 e. The molecule has 2 aromatic heterocycles. The van der Waals surface area contributed by atoms with Crippen LogP contribution in [0.2, 0.25) is 5.02 Å². The standard InChI is InChI=1S/C20H16ClN3OS/c1-24-19(17-8-5-13-25-17)22-23-20(24)26-18(14-6-3-2-4-7-14)15-9-11-16(21)12-10-15/h2-13,18H,1H3/t18-/m1/s1. The Morgan fingerprint density at radius 1 is 0.923 bits per heavy atom. The molecule has 2 heterocycles. The highest BCUT2D eigenvalue weighted by atomic mass is 35.5. The van der Waals surface area contributed by atoms with Gasteiger partial charge in [-0.25, -0.2) is 0 Å². The number of aromatic nitrogens is 3. The van der Waals surface area contributed by atoms with Crippen LogP contribution in [0.1, 0.15) is 16.4 Å². The molecule has 0 saturated heterocycles. The molecule has 26 heavy (non-hydrogen) atoms. The molecule has 0 saturated carbocycles. The maximum absolute atomic E-state index is 6.06. The van der Waals surface area contributed by atoms with Gasteiger partial charge in [0.1, 0.15) is 0 Å². The quantitative estimate of drug-likeness (QED) is 0.421. The van der Waals surface area contributed by atoms with Gasteiger partial charge in [0, 0.05) is 12.1 Å². The smallest absolute Gasteiger partial charge is 0.200 e. The summed E-state index contributed by atoms with van der Waals surface area (Å²) in [5, 5.41) is 10.3. The minimum atomic E-state index is 0.0841. The maximum Gasteiger partial charge on any atom is 0.200 e. The molecule has 2 aromatic carbocycles. The third-order valence-corrected chi connectivity index (χ3v) is 5.67. The zero-order valence-electron chi connectivity index (χ0n) is 14.0. The molecule has 6 heteroatoms. The third kappa shape index (κ3) is 3.41. The minimum Gasteiger partial charge on any atom is -0.461 e. The predicted octanol–water partition coefficient (Wildman–Crippen LogP) is 5.61. The molecule has 4 nitrogen and oxygen atoms in total. The third-order valence-electron chi connectivity index (χ3n) is 4.07. The van der Waals surface area contributed by atoms with E-state index in [1.165, 1.54) is 5.56 Å². The number of hydrogen-bond donors (Lipinski definition) is 0. The molecule has 130 valence electrons. The summed E-state index contributed by atoms with van der Waals surface area (Å²) >= 11 is 7.71. The Labute approximate surface area is 160 Å². The summed E-state index contributed by atoms with van der Waals surface area (Å²) in [4.78, 5) is 0. The summed E-state index contributed by atoms with van der Waals surface area (Å²) in [7, 11) is 1.95. The molecule has 0 radical (unpaired) electrons. The van der Waals surface area contributed by atoms with Gasteiger partial charge in [-0.3, -0.25) is 0 Å². The topological polar surface area (TPSA) is 43.9 Å². The van der Waals surface area contributed by atoms with Crippen molar-refractivity contribution < 1.29 is 4.42 Å². The van der Waals surface area contributed by atoms with Crippen LogP contribution in [0.5, 0.6) is 0 Å². The molecular formula is C20H16ClN3OS. The van der Waals surface area contributed by atoms with E-state index in [4.69, 9.17) is 16.0 Å². The van der Waals surface area contributed by atoms with Gasteiger partial charge in [-0.05, 0) is 35.4 Å². The summed E-state index contributed by atoms with van der Waals surface area (Å²) in [5.41, 5.74) is 2.36. The van der Waals surface area contributed by atoms with Crippen molar-refractivity contribution in [2.24, 2.45) is 7.05 Å². The molecule has 4 rings (SSSR count). The second-order valence-corrected chi connectivity index (χ2v) is 7.31. The van der Waals surface area contributed by atoms with Crippen molar-refractivity contribution in [3.8, 4) is 11.6 Å². The fraction of sp³-hybridized carbons (Fsp3) is 0.100. The van der Waals surface area contributed by atoms with E-state index in [9.17, 15) is 0 Å². The Morgan fingerprint density at radius 3 is 2.35 bits per heavy atom. The van der Waals surface area contributed by atoms with Crippen LogP contribution in [0.25, 0.3) is 11.6 Å². The van der Waals surface area contributed by atoms with Gasteiger partial charge >= 0.3 is 0 Å². The van der Waals surface area contributed by atoms with E-state index < -0.39 is 0 Å². The monoisotopic (exact) mass is 381 g/mol. The van der Waals surface area contributed by atoms with Crippen molar-refractivity contribution in [2.75, 3.05) is 0 Å². The van der Waals surface area contributed by atoms with Crippen LogP contribution in [-0.4, -0.2) is 14.8 Å². The Balaban J connectivity index is 1.71. The Bertz CT molecular complexity index is 982. The number of thioether (sulfide) groups is 1. The van der Waals surface area contributed by atoms with Gasteiger partial charge < -0.3 is 8.98 Å². The molecule has 0 fully saturated rings.